The van der Waals surface area contributed by atoms with Crippen molar-refractivity contribution < 1.29 is 29.3 Å². The molecule has 0 rings (SSSR count). The number of carbonyl (C=O) groups is 3. The lowest BCUT2D eigenvalue weighted by Gasteiger charge is -2.22. The topological polar surface area (TPSA) is 113 Å². The summed E-state index contributed by atoms with van der Waals surface area (Å²) in [5.74, 6) is -3.29. The lowest BCUT2D eigenvalue weighted by molar-refractivity contribution is -0.143. The van der Waals surface area contributed by atoms with Crippen LogP contribution in [0.1, 0.15) is 34.1 Å². The van der Waals surface area contributed by atoms with Gasteiger partial charge >= 0.3 is 18.0 Å². The van der Waals surface area contributed by atoms with Crippen molar-refractivity contribution in [3.63, 3.8) is 0 Å². The Labute approximate surface area is 105 Å². The Hall–Kier alpha value is -1.79. The number of rotatable bonds is 5. The summed E-state index contributed by atoms with van der Waals surface area (Å²) in [5.41, 5.74) is -0.744. The fraction of sp³-hybridized carbons (Fsp3) is 0.727. The third kappa shape index (κ3) is 6.72. The van der Waals surface area contributed by atoms with E-state index in [9.17, 15) is 14.4 Å². The van der Waals surface area contributed by atoms with E-state index in [1.165, 1.54) is 6.92 Å². The Balaban J connectivity index is 4.50. The SMILES string of the molecule is CC(C[C@@H](NC(=O)OC(C)(C)C)C(=O)O)C(=O)O. The van der Waals surface area contributed by atoms with Crippen molar-refractivity contribution in [1.29, 1.82) is 0 Å². The highest BCUT2D eigenvalue weighted by molar-refractivity contribution is 5.81. The lowest BCUT2D eigenvalue weighted by atomic mass is 10.0. The third-order valence-corrected chi connectivity index (χ3v) is 2.00. The van der Waals surface area contributed by atoms with E-state index in [1.54, 1.807) is 20.8 Å². The first kappa shape index (κ1) is 16.2. The van der Waals surface area contributed by atoms with E-state index >= 15 is 0 Å². The van der Waals surface area contributed by atoms with Gasteiger partial charge in [-0.15, -0.1) is 0 Å². The van der Waals surface area contributed by atoms with E-state index in [4.69, 9.17) is 14.9 Å². The number of carbonyl (C=O) groups excluding carboxylic acids is 1. The van der Waals surface area contributed by atoms with Gasteiger partial charge in [-0.3, -0.25) is 4.79 Å². The molecular weight excluding hydrogens is 242 g/mol. The second kappa shape index (κ2) is 6.23. The Morgan fingerprint density at radius 3 is 2.00 bits per heavy atom. The van der Waals surface area contributed by atoms with Gasteiger partial charge in [0.1, 0.15) is 11.6 Å². The van der Waals surface area contributed by atoms with Crippen LogP contribution in [0, 0.1) is 5.92 Å². The number of aliphatic carboxylic acids is 2. The average molecular weight is 261 g/mol. The molecule has 1 amide bonds. The fourth-order valence-corrected chi connectivity index (χ4v) is 1.13. The van der Waals surface area contributed by atoms with Crippen molar-refractivity contribution in [2.45, 2.75) is 45.8 Å². The standard InChI is InChI=1S/C11H19NO6/c1-6(8(13)14)5-7(9(15)16)12-10(17)18-11(2,3)4/h6-7H,5H2,1-4H3,(H,12,17)(H,13,14)(H,15,16)/t6?,7-/m1/s1. The molecule has 7 nitrogen and oxygen atoms in total. The van der Waals surface area contributed by atoms with Gasteiger partial charge < -0.3 is 20.3 Å². The molecule has 0 bridgehead atoms. The van der Waals surface area contributed by atoms with E-state index < -0.39 is 35.6 Å². The zero-order valence-electron chi connectivity index (χ0n) is 10.9. The number of alkyl carbamates (subject to hydrolysis) is 1. The molecular formula is C11H19NO6. The normalized spacial score (nSPS) is 14.4. The Morgan fingerprint density at radius 1 is 1.17 bits per heavy atom. The number of amides is 1. The molecule has 0 aromatic rings. The molecule has 7 heteroatoms. The highest BCUT2D eigenvalue weighted by Gasteiger charge is 2.27. The van der Waals surface area contributed by atoms with Crippen LogP contribution >= 0.6 is 0 Å². The number of carboxylic acid groups (broad SMARTS) is 2. The maximum absolute atomic E-state index is 11.4. The summed E-state index contributed by atoms with van der Waals surface area (Å²) in [7, 11) is 0. The summed E-state index contributed by atoms with van der Waals surface area (Å²) in [6.45, 7) is 6.29. The van der Waals surface area contributed by atoms with Crippen LogP contribution in [-0.2, 0) is 14.3 Å². The molecule has 18 heavy (non-hydrogen) atoms. The predicted octanol–water partition coefficient (Wildman–Crippen LogP) is 1.08. The molecule has 0 saturated carbocycles. The summed E-state index contributed by atoms with van der Waals surface area (Å²) in [6, 6.07) is -1.29. The highest BCUT2D eigenvalue weighted by Crippen LogP contribution is 2.10. The van der Waals surface area contributed by atoms with E-state index in [0.29, 0.717) is 0 Å². The fourth-order valence-electron chi connectivity index (χ4n) is 1.13. The van der Waals surface area contributed by atoms with E-state index in [-0.39, 0.29) is 6.42 Å². The summed E-state index contributed by atoms with van der Waals surface area (Å²) in [6.07, 6.45) is -1.09. The van der Waals surface area contributed by atoms with Gasteiger partial charge in [-0.05, 0) is 27.2 Å². The molecule has 2 atom stereocenters. The van der Waals surface area contributed by atoms with Crippen LogP contribution in [-0.4, -0.2) is 39.9 Å². The highest BCUT2D eigenvalue weighted by atomic mass is 16.6. The lowest BCUT2D eigenvalue weighted by Crippen LogP contribution is -2.44. The van der Waals surface area contributed by atoms with Crippen LogP contribution < -0.4 is 5.32 Å². The molecule has 0 spiro atoms. The van der Waals surface area contributed by atoms with Crippen molar-refractivity contribution in [2.75, 3.05) is 0 Å². The third-order valence-electron chi connectivity index (χ3n) is 2.00. The molecule has 0 aromatic heterocycles. The smallest absolute Gasteiger partial charge is 0.408 e. The molecule has 0 fully saturated rings. The van der Waals surface area contributed by atoms with Crippen LogP contribution in [0.4, 0.5) is 4.79 Å². The molecule has 0 aliphatic rings. The van der Waals surface area contributed by atoms with Crippen molar-refractivity contribution in [2.24, 2.45) is 5.92 Å². The first-order valence-electron chi connectivity index (χ1n) is 5.48. The maximum atomic E-state index is 11.4. The minimum Gasteiger partial charge on any atom is -0.481 e. The summed E-state index contributed by atoms with van der Waals surface area (Å²) in [4.78, 5) is 32.9. The monoisotopic (exact) mass is 261 g/mol. The maximum Gasteiger partial charge on any atom is 0.408 e. The van der Waals surface area contributed by atoms with E-state index in [2.05, 4.69) is 5.32 Å². The summed E-state index contributed by atoms with van der Waals surface area (Å²) < 4.78 is 4.90. The summed E-state index contributed by atoms with van der Waals surface area (Å²) in [5, 5.41) is 19.7. The van der Waals surface area contributed by atoms with Crippen LogP contribution in [0.25, 0.3) is 0 Å². The largest absolute Gasteiger partial charge is 0.481 e. The second-order valence-corrected chi connectivity index (χ2v) is 5.01. The van der Waals surface area contributed by atoms with Crippen LogP contribution in [0.15, 0.2) is 0 Å². The number of nitrogens with one attached hydrogen (secondary N) is 1. The number of hydrogen-bond donors (Lipinski definition) is 3. The Morgan fingerprint density at radius 2 is 1.67 bits per heavy atom. The molecule has 0 radical (unpaired) electrons. The first-order valence-corrected chi connectivity index (χ1v) is 5.48. The number of carboxylic acids is 2. The van der Waals surface area contributed by atoms with Crippen LogP contribution in [0.5, 0.6) is 0 Å². The molecule has 0 saturated heterocycles. The van der Waals surface area contributed by atoms with Crippen molar-refractivity contribution in [1.82, 2.24) is 5.32 Å². The Kier molecular flexibility index (Phi) is 5.61. The zero-order chi connectivity index (χ0) is 14.5. The predicted molar refractivity (Wildman–Crippen MR) is 62.2 cm³/mol. The zero-order valence-corrected chi connectivity index (χ0v) is 10.9. The van der Waals surface area contributed by atoms with E-state index in [0.717, 1.165) is 0 Å². The minimum absolute atomic E-state index is 0.204. The van der Waals surface area contributed by atoms with Gasteiger partial charge in [0, 0.05) is 0 Å². The van der Waals surface area contributed by atoms with E-state index in [1.807, 2.05) is 0 Å². The number of hydrogen-bond acceptors (Lipinski definition) is 4. The average Bonchev–Trinajstić information content (AvgIpc) is 2.12. The van der Waals surface area contributed by atoms with Gasteiger partial charge in [-0.1, -0.05) is 6.92 Å². The van der Waals surface area contributed by atoms with Gasteiger partial charge in [0.15, 0.2) is 0 Å². The molecule has 104 valence electrons. The molecule has 0 heterocycles. The molecule has 3 N–H and O–H groups in total. The van der Waals surface area contributed by atoms with Gasteiger partial charge in [-0.2, -0.15) is 0 Å². The van der Waals surface area contributed by atoms with Gasteiger partial charge in [0.2, 0.25) is 0 Å². The summed E-state index contributed by atoms with van der Waals surface area (Å²) >= 11 is 0. The molecule has 1 unspecified atom stereocenters. The van der Waals surface area contributed by atoms with Gasteiger partial charge in [0.25, 0.3) is 0 Å². The molecule has 0 aromatic carbocycles. The van der Waals surface area contributed by atoms with Crippen LogP contribution in [0.3, 0.4) is 0 Å². The quantitative estimate of drug-likeness (QED) is 0.682. The van der Waals surface area contributed by atoms with Gasteiger partial charge in [0.05, 0.1) is 5.92 Å². The first-order chi connectivity index (χ1) is 8.03. The van der Waals surface area contributed by atoms with Crippen LogP contribution in [0.2, 0.25) is 0 Å². The molecule has 0 aliphatic heterocycles. The van der Waals surface area contributed by atoms with Crippen molar-refractivity contribution in [3.05, 3.63) is 0 Å². The molecule has 0 aliphatic carbocycles. The minimum atomic E-state index is -1.30. The van der Waals surface area contributed by atoms with Crippen molar-refractivity contribution in [3.8, 4) is 0 Å². The van der Waals surface area contributed by atoms with Gasteiger partial charge in [-0.25, -0.2) is 9.59 Å². The Bertz CT molecular complexity index is 333. The number of ether oxygens (including phenoxy) is 1. The second-order valence-electron chi connectivity index (χ2n) is 5.01. The van der Waals surface area contributed by atoms with Crippen molar-refractivity contribution >= 4 is 18.0 Å².